The zero-order chi connectivity index (χ0) is 20.5. The van der Waals surface area contributed by atoms with Crippen molar-refractivity contribution in [3.05, 3.63) is 24.4 Å². The molecule has 3 aliphatic rings. The second-order valence-corrected chi connectivity index (χ2v) is 7.24. The number of nitrogens with one attached hydrogen (secondary N) is 1. The number of primary amides is 1. The van der Waals surface area contributed by atoms with Crippen molar-refractivity contribution in [3.63, 3.8) is 0 Å². The highest BCUT2D eigenvalue weighted by Gasteiger charge is 2.80. The Morgan fingerprint density at radius 1 is 1.45 bits per heavy atom. The third kappa shape index (κ3) is 2.60. The molecule has 0 radical (unpaired) electrons. The first-order valence-electron chi connectivity index (χ1n) is 9.05. The van der Waals surface area contributed by atoms with Gasteiger partial charge in [0.05, 0.1) is 12.1 Å². The number of carbonyl (C=O) groups is 2. The molecule has 1 saturated carbocycles. The van der Waals surface area contributed by atoms with Crippen LogP contribution in [-0.4, -0.2) is 52.3 Å². The molecule has 3 heterocycles. The van der Waals surface area contributed by atoms with E-state index in [2.05, 4.69) is 10.3 Å². The summed E-state index contributed by atoms with van der Waals surface area (Å²) in [6, 6.07) is 3.32. The fraction of sp³-hybridized carbons (Fsp3) is 0.389. The fourth-order valence-corrected chi connectivity index (χ4v) is 3.64. The standard InChI is InChI=1S/C18H17F2N5O4/c1-8(15(21)26)22-9-2-3-10-11(6-9)28-5-4-24-7-12(23-16(10)24)25-13-14(18(13,19)20)29-17(25)27/h2-3,6-8,13-14,22H,4-5H2,1H3,(H2,21,26)/t8-,13-,14+/m0/s1. The highest BCUT2D eigenvalue weighted by molar-refractivity contribution is 5.92. The molecule has 1 aromatic heterocycles. The average Bonchev–Trinajstić information content (AvgIpc) is 2.98. The van der Waals surface area contributed by atoms with Crippen LogP contribution in [0.1, 0.15) is 6.92 Å². The summed E-state index contributed by atoms with van der Waals surface area (Å²) in [5.41, 5.74) is 6.55. The number of hydrogen-bond acceptors (Lipinski definition) is 6. The average molecular weight is 405 g/mol. The van der Waals surface area contributed by atoms with Crippen molar-refractivity contribution in [3.8, 4) is 17.1 Å². The number of anilines is 2. The minimum Gasteiger partial charge on any atom is -0.491 e. The number of imidazole rings is 1. The molecule has 0 bridgehead atoms. The lowest BCUT2D eigenvalue weighted by atomic mass is 10.1. The number of alkyl halides is 2. The summed E-state index contributed by atoms with van der Waals surface area (Å²) in [6.07, 6.45) is -0.684. The number of benzene rings is 1. The zero-order valence-electron chi connectivity index (χ0n) is 15.3. The molecule has 1 aliphatic carbocycles. The molecule has 0 spiro atoms. The Balaban J connectivity index is 1.49. The van der Waals surface area contributed by atoms with Gasteiger partial charge in [0.2, 0.25) is 5.91 Å². The van der Waals surface area contributed by atoms with E-state index in [-0.39, 0.29) is 5.82 Å². The quantitative estimate of drug-likeness (QED) is 0.799. The molecule has 11 heteroatoms. The Kier molecular flexibility index (Phi) is 3.55. The molecule has 5 rings (SSSR count). The number of rotatable bonds is 4. The Hall–Kier alpha value is -3.37. The van der Waals surface area contributed by atoms with Gasteiger partial charge in [-0.05, 0) is 19.1 Å². The van der Waals surface area contributed by atoms with Gasteiger partial charge in [-0.2, -0.15) is 8.78 Å². The topological polar surface area (TPSA) is 112 Å². The van der Waals surface area contributed by atoms with Gasteiger partial charge in [-0.25, -0.2) is 14.7 Å². The maximum atomic E-state index is 13.7. The summed E-state index contributed by atoms with van der Waals surface area (Å²) in [5.74, 6) is -2.43. The Labute approximate surface area is 163 Å². The van der Waals surface area contributed by atoms with Crippen molar-refractivity contribution in [2.24, 2.45) is 5.73 Å². The molecule has 2 fully saturated rings. The van der Waals surface area contributed by atoms with E-state index in [1.54, 1.807) is 35.9 Å². The number of ether oxygens (including phenoxy) is 2. The maximum Gasteiger partial charge on any atom is 0.416 e. The Bertz CT molecular complexity index is 1040. The third-order valence-corrected chi connectivity index (χ3v) is 5.29. The van der Waals surface area contributed by atoms with Gasteiger partial charge >= 0.3 is 12.0 Å². The summed E-state index contributed by atoms with van der Waals surface area (Å²) in [5, 5.41) is 2.98. The zero-order valence-corrected chi connectivity index (χ0v) is 15.3. The summed E-state index contributed by atoms with van der Waals surface area (Å²) in [4.78, 5) is 28.6. The molecule has 0 unspecified atom stereocenters. The number of nitrogens with two attached hydrogens (primary N) is 1. The molecule has 2 aromatic rings. The highest BCUT2D eigenvalue weighted by Crippen LogP contribution is 2.54. The van der Waals surface area contributed by atoms with Crippen LogP contribution in [0, 0.1) is 0 Å². The largest absolute Gasteiger partial charge is 0.491 e. The van der Waals surface area contributed by atoms with E-state index in [4.69, 9.17) is 15.2 Å². The molecule has 3 N–H and O–H groups in total. The molecule has 9 nitrogen and oxygen atoms in total. The molecule has 2 aliphatic heterocycles. The number of halogens is 2. The van der Waals surface area contributed by atoms with Gasteiger partial charge < -0.3 is 25.1 Å². The van der Waals surface area contributed by atoms with Crippen molar-refractivity contribution >= 4 is 23.5 Å². The van der Waals surface area contributed by atoms with Gasteiger partial charge in [-0.15, -0.1) is 0 Å². The summed E-state index contributed by atoms with van der Waals surface area (Å²) in [7, 11) is 0. The number of fused-ring (bicyclic) bond motifs is 4. The van der Waals surface area contributed by atoms with Crippen molar-refractivity contribution in [1.29, 1.82) is 0 Å². The first kappa shape index (κ1) is 17.7. The summed E-state index contributed by atoms with van der Waals surface area (Å²) in [6.45, 7) is 2.38. The van der Waals surface area contributed by atoms with E-state index in [1.807, 2.05) is 0 Å². The molecule has 29 heavy (non-hydrogen) atoms. The lowest BCUT2D eigenvalue weighted by Crippen LogP contribution is -2.33. The number of carbonyl (C=O) groups excluding carboxylic acids is 2. The van der Waals surface area contributed by atoms with Gasteiger partial charge in [0.15, 0.2) is 18.0 Å². The van der Waals surface area contributed by atoms with Gasteiger partial charge in [0.1, 0.15) is 24.2 Å². The van der Waals surface area contributed by atoms with E-state index in [0.717, 1.165) is 4.90 Å². The summed E-state index contributed by atoms with van der Waals surface area (Å²) >= 11 is 0. The predicted molar refractivity (Wildman–Crippen MR) is 96.9 cm³/mol. The minimum absolute atomic E-state index is 0.118. The van der Waals surface area contributed by atoms with Crippen LogP contribution in [0.2, 0.25) is 0 Å². The predicted octanol–water partition coefficient (Wildman–Crippen LogP) is 1.57. The number of amides is 2. The first-order valence-corrected chi connectivity index (χ1v) is 9.05. The van der Waals surface area contributed by atoms with Crippen LogP contribution in [0.5, 0.6) is 5.75 Å². The van der Waals surface area contributed by atoms with Gasteiger partial charge in [-0.1, -0.05) is 0 Å². The maximum absolute atomic E-state index is 13.7. The van der Waals surface area contributed by atoms with Crippen LogP contribution in [-0.2, 0) is 16.1 Å². The molecule has 1 saturated heterocycles. The van der Waals surface area contributed by atoms with Crippen LogP contribution in [0.3, 0.4) is 0 Å². The highest BCUT2D eigenvalue weighted by atomic mass is 19.3. The van der Waals surface area contributed by atoms with E-state index in [1.165, 1.54) is 0 Å². The van der Waals surface area contributed by atoms with E-state index >= 15 is 0 Å². The minimum atomic E-state index is -3.06. The second kappa shape index (κ2) is 5.82. The fourth-order valence-electron chi connectivity index (χ4n) is 3.64. The Morgan fingerprint density at radius 3 is 2.97 bits per heavy atom. The normalized spacial score (nSPS) is 24.4. The Morgan fingerprint density at radius 2 is 2.24 bits per heavy atom. The van der Waals surface area contributed by atoms with Crippen molar-refractivity contribution in [2.75, 3.05) is 16.8 Å². The molecular weight excluding hydrogens is 388 g/mol. The van der Waals surface area contributed by atoms with E-state index < -0.39 is 36.1 Å². The lowest BCUT2D eigenvalue weighted by Gasteiger charge is -2.15. The van der Waals surface area contributed by atoms with E-state index in [0.29, 0.717) is 36.0 Å². The molecule has 152 valence electrons. The lowest BCUT2D eigenvalue weighted by molar-refractivity contribution is -0.118. The smallest absolute Gasteiger partial charge is 0.416 e. The van der Waals surface area contributed by atoms with Gasteiger partial charge in [0.25, 0.3) is 0 Å². The monoisotopic (exact) mass is 405 g/mol. The van der Waals surface area contributed by atoms with E-state index in [9.17, 15) is 18.4 Å². The number of aromatic nitrogens is 2. The molecule has 2 amide bonds. The van der Waals surface area contributed by atoms with Crippen LogP contribution in [0.4, 0.5) is 25.1 Å². The van der Waals surface area contributed by atoms with Crippen LogP contribution >= 0.6 is 0 Å². The van der Waals surface area contributed by atoms with Crippen molar-refractivity contribution in [2.45, 2.75) is 37.6 Å². The van der Waals surface area contributed by atoms with Gasteiger partial charge in [0, 0.05) is 18.0 Å². The first-order chi connectivity index (χ1) is 13.8. The van der Waals surface area contributed by atoms with Crippen LogP contribution in [0.15, 0.2) is 24.4 Å². The van der Waals surface area contributed by atoms with Crippen LogP contribution in [0.25, 0.3) is 11.4 Å². The SMILES string of the molecule is C[C@H](Nc1ccc2c(c1)OCCn1cc(N3C(=O)O[C@@H]4[C@H]3C4(F)F)nc1-2)C(N)=O. The second-order valence-electron chi connectivity index (χ2n) is 7.24. The van der Waals surface area contributed by atoms with Crippen molar-refractivity contribution < 1.29 is 27.8 Å². The number of nitrogens with zero attached hydrogens (tertiary/aromatic N) is 3. The third-order valence-electron chi connectivity index (χ3n) is 5.29. The van der Waals surface area contributed by atoms with Gasteiger partial charge in [-0.3, -0.25) is 4.79 Å². The number of hydrogen-bond donors (Lipinski definition) is 2. The summed E-state index contributed by atoms with van der Waals surface area (Å²) < 4.78 is 39.7. The molecule has 1 aromatic carbocycles. The molecule has 3 atom stereocenters. The molecular formula is C18H17F2N5O4. The van der Waals surface area contributed by atoms with Crippen molar-refractivity contribution in [1.82, 2.24) is 9.55 Å². The van der Waals surface area contributed by atoms with Crippen LogP contribution < -0.4 is 20.7 Å².